The quantitative estimate of drug-likeness (QED) is 0.716. The summed E-state index contributed by atoms with van der Waals surface area (Å²) in [5, 5.41) is 0. The molecule has 9 heteroatoms. The summed E-state index contributed by atoms with van der Waals surface area (Å²) in [4.78, 5) is 18.2. The number of imidazole rings is 1. The van der Waals surface area contributed by atoms with E-state index in [9.17, 15) is 13.2 Å². The second kappa shape index (κ2) is 5.64. The summed E-state index contributed by atoms with van der Waals surface area (Å²) in [7, 11) is -1.51. The van der Waals surface area contributed by atoms with E-state index < -0.39 is 10.0 Å². The van der Waals surface area contributed by atoms with Crippen LogP contribution in [0.1, 0.15) is 16.9 Å². The van der Waals surface area contributed by atoms with Crippen molar-refractivity contribution in [3.63, 3.8) is 0 Å². The van der Waals surface area contributed by atoms with E-state index in [1.54, 1.807) is 29.0 Å². The lowest BCUT2D eigenvalue weighted by molar-refractivity contribution is -0.0705. The van der Waals surface area contributed by atoms with E-state index in [0.29, 0.717) is 38.4 Å². The number of fused-ring (bicyclic) bond motifs is 1. The van der Waals surface area contributed by atoms with Gasteiger partial charge in [0.2, 0.25) is 10.0 Å². The number of carbonyl (C=O) groups is 1. The lowest BCUT2D eigenvalue weighted by Crippen LogP contribution is -2.61. The van der Waals surface area contributed by atoms with Crippen molar-refractivity contribution in [2.24, 2.45) is 7.05 Å². The Morgan fingerprint density at radius 2 is 2.18 bits per heavy atom. The van der Waals surface area contributed by atoms with Gasteiger partial charge >= 0.3 is 0 Å². The molecule has 8 nitrogen and oxygen atoms in total. The first-order valence-corrected chi connectivity index (χ1v) is 9.07. The summed E-state index contributed by atoms with van der Waals surface area (Å²) in [6, 6.07) is -0.315. The number of sulfonamides is 1. The van der Waals surface area contributed by atoms with Gasteiger partial charge in [0.25, 0.3) is 5.91 Å². The summed E-state index contributed by atoms with van der Waals surface area (Å²) in [5.74, 6) is -0.168. The molecule has 0 saturated carbocycles. The predicted molar refractivity (Wildman–Crippen MR) is 78.8 cm³/mol. The molecule has 22 heavy (non-hydrogen) atoms. The molecular weight excluding hydrogens is 308 g/mol. The van der Waals surface area contributed by atoms with Crippen molar-refractivity contribution in [3.05, 3.63) is 18.2 Å². The Morgan fingerprint density at radius 3 is 2.82 bits per heavy atom. The largest absolute Gasteiger partial charge is 0.375 e. The predicted octanol–water partition coefficient (Wildman–Crippen LogP) is -0.705. The van der Waals surface area contributed by atoms with Crippen molar-refractivity contribution in [2.45, 2.75) is 18.6 Å². The monoisotopic (exact) mass is 328 g/mol. The molecule has 122 valence electrons. The van der Waals surface area contributed by atoms with Gasteiger partial charge in [-0.05, 0) is 6.42 Å². The summed E-state index contributed by atoms with van der Waals surface area (Å²) in [6.07, 6.45) is 4.94. The number of ether oxygens (including phenoxy) is 1. The van der Waals surface area contributed by atoms with Crippen LogP contribution in [0.5, 0.6) is 0 Å². The van der Waals surface area contributed by atoms with E-state index in [0.717, 1.165) is 0 Å². The van der Waals surface area contributed by atoms with Crippen LogP contribution in [0.25, 0.3) is 0 Å². The molecule has 2 fully saturated rings. The number of hydrogen-bond acceptors (Lipinski definition) is 5. The van der Waals surface area contributed by atoms with Gasteiger partial charge in [0, 0.05) is 32.9 Å². The van der Waals surface area contributed by atoms with Crippen molar-refractivity contribution < 1.29 is 17.9 Å². The molecule has 3 heterocycles. The normalized spacial score (nSPS) is 26.7. The first-order valence-electron chi connectivity index (χ1n) is 7.22. The minimum Gasteiger partial charge on any atom is -0.375 e. The molecule has 0 N–H and O–H groups in total. The molecule has 2 aliphatic rings. The summed E-state index contributed by atoms with van der Waals surface area (Å²) < 4.78 is 32.7. The zero-order chi connectivity index (χ0) is 15.9. The number of carbonyl (C=O) groups excluding carboxylic acids is 1. The third-order valence-electron chi connectivity index (χ3n) is 4.17. The van der Waals surface area contributed by atoms with E-state index in [4.69, 9.17) is 4.74 Å². The topological polar surface area (TPSA) is 84.7 Å². The number of piperidine rings is 1. The number of aryl methyl sites for hydroxylation is 1. The van der Waals surface area contributed by atoms with Gasteiger partial charge < -0.3 is 14.2 Å². The van der Waals surface area contributed by atoms with Gasteiger partial charge in [-0.2, -0.15) is 4.31 Å². The second-order valence-electron chi connectivity index (χ2n) is 5.81. The fourth-order valence-electron chi connectivity index (χ4n) is 3.12. The molecular formula is C13H20N4O4S. The van der Waals surface area contributed by atoms with Gasteiger partial charge in [-0.3, -0.25) is 4.79 Å². The standard InChI is InChI=1S/C13H20N4O4S/c1-15-7-10(14-9-15)13(18)16-4-3-12-11(8-16)17(5-6-21-12)22(2,19)20/h7,9,11-12H,3-6,8H2,1-2H3/t11-,12-/m0/s1. The van der Waals surface area contributed by atoms with Crippen LogP contribution in [0.3, 0.4) is 0 Å². The van der Waals surface area contributed by atoms with Crippen LogP contribution in [-0.2, 0) is 21.8 Å². The average molecular weight is 328 g/mol. The van der Waals surface area contributed by atoms with Gasteiger partial charge in [0.15, 0.2) is 0 Å². The maximum atomic E-state index is 12.5. The van der Waals surface area contributed by atoms with E-state index in [1.165, 1.54) is 10.6 Å². The average Bonchev–Trinajstić information content (AvgIpc) is 2.91. The van der Waals surface area contributed by atoms with Gasteiger partial charge in [-0.25, -0.2) is 13.4 Å². The molecule has 0 radical (unpaired) electrons. The highest BCUT2D eigenvalue weighted by Gasteiger charge is 2.42. The van der Waals surface area contributed by atoms with E-state index in [2.05, 4.69) is 4.98 Å². The summed E-state index contributed by atoms with van der Waals surface area (Å²) >= 11 is 0. The lowest BCUT2D eigenvalue weighted by atomic mass is 10.0. The zero-order valence-corrected chi connectivity index (χ0v) is 13.5. The molecule has 2 saturated heterocycles. The molecule has 0 spiro atoms. The lowest BCUT2D eigenvalue weighted by Gasteiger charge is -2.45. The Morgan fingerprint density at radius 1 is 1.41 bits per heavy atom. The number of aromatic nitrogens is 2. The summed E-state index contributed by atoms with van der Waals surface area (Å²) in [6.45, 7) is 1.63. The maximum Gasteiger partial charge on any atom is 0.274 e. The first kappa shape index (κ1) is 15.4. The molecule has 1 aromatic heterocycles. The molecule has 1 aromatic rings. The van der Waals surface area contributed by atoms with Crippen molar-refractivity contribution in [2.75, 3.05) is 32.5 Å². The molecule has 0 aromatic carbocycles. The Hall–Kier alpha value is -1.45. The third kappa shape index (κ3) is 2.88. The van der Waals surface area contributed by atoms with Crippen LogP contribution < -0.4 is 0 Å². The van der Waals surface area contributed by atoms with Crippen LogP contribution in [-0.4, -0.2) is 77.7 Å². The van der Waals surface area contributed by atoms with Gasteiger partial charge in [0.05, 0.1) is 31.3 Å². The smallest absolute Gasteiger partial charge is 0.274 e. The van der Waals surface area contributed by atoms with Crippen molar-refractivity contribution >= 4 is 15.9 Å². The molecule has 0 unspecified atom stereocenters. The van der Waals surface area contributed by atoms with Gasteiger partial charge in [-0.15, -0.1) is 0 Å². The van der Waals surface area contributed by atoms with Crippen LogP contribution in [0.4, 0.5) is 0 Å². The third-order valence-corrected chi connectivity index (χ3v) is 5.48. The van der Waals surface area contributed by atoms with Gasteiger partial charge in [0.1, 0.15) is 5.69 Å². The van der Waals surface area contributed by atoms with Crippen LogP contribution in [0.15, 0.2) is 12.5 Å². The molecule has 2 aliphatic heterocycles. The van der Waals surface area contributed by atoms with Crippen LogP contribution in [0, 0.1) is 0 Å². The number of hydrogen-bond donors (Lipinski definition) is 0. The number of nitrogens with zero attached hydrogens (tertiary/aromatic N) is 4. The fourth-order valence-corrected chi connectivity index (χ4v) is 4.22. The SMILES string of the molecule is Cn1cnc(C(=O)N2CC[C@@H]3OCCN(S(C)(=O)=O)[C@H]3C2)c1. The Bertz CT molecular complexity index is 671. The minimum atomic E-state index is -3.31. The van der Waals surface area contributed by atoms with Crippen LogP contribution >= 0.6 is 0 Å². The maximum absolute atomic E-state index is 12.5. The fraction of sp³-hybridized carbons (Fsp3) is 0.692. The Labute approximate surface area is 129 Å². The Kier molecular flexibility index (Phi) is 3.96. The van der Waals surface area contributed by atoms with E-state index in [-0.39, 0.29) is 18.1 Å². The number of morpholine rings is 1. The minimum absolute atomic E-state index is 0.142. The van der Waals surface area contributed by atoms with Crippen LogP contribution in [0.2, 0.25) is 0 Å². The van der Waals surface area contributed by atoms with Crippen molar-refractivity contribution in [1.82, 2.24) is 18.8 Å². The number of likely N-dealkylation sites (tertiary alicyclic amines) is 1. The number of rotatable bonds is 2. The first-order chi connectivity index (χ1) is 10.4. The highest BCUT2D eigenvalue weighted by molar-refractivity contribution is 7.88. The molecule has 2 atom stereocenters. The van der Waals surface area contributed by atoms with E-state index >= 15 is 0 Å². The number of amides is 1. The summed E-state index contributed by atoms with van der Waals surface area (Å²) in [5.41, 5.74) is 0.378. The highest BCUT2D eigenvalue weighted by atomic mass is 32.2. The second-order valence-corrected chi connectivity index (χ2v) is 7.75. The molecule has 1 amide bonds. The zero-order valence-electron chi connectivity index (χ0n) is 12.7. The van der Waals surface area contributed by atoms with Crippen molar-refractivity contribution in [1.29, 1.82) is 0 Å². The molecule has 0 aliphatic carbocycles. The molecule has 0 bridgehead atoms. The highest BCUT2D eigenvalue weighted by Crippen LogP contribution is 2.25. The van der Waals surface area contributed by atoms with E-state index in [1.807, 2.05) is 0 Å². The van der Waals surface area contributed by atoms with Gasteiger partial charge in [-0.1, -0.05) is 0 Å². The Balaban J connectivity index is 1.79. The van der Waals surface area contributed by atoms with Crippen molar-refractivity contribution in [3.8, 4) is 0 Å². The molecule has 3 rings (SSSR count).